The summed E-state index contributed by atoms with van der Waals surface area (Å²) in [5.74, 6) is 2.03. The molecule has 3 aromatic rings. The van der Waals surface area contributed by atoms with Crippen LogP contribution in [-0.4, -0.2) is 28.5 Å². The molecule has 1 atom stereocenters. The second-order valence-corrected chi connectivity index (χ2v) is 8.61. The zero-order valence-corrected chi connectivity index (χ0v) is 18.4. The van der Waals surface area contributed by atoms with Crippen molar-refractivity contribution in [3.63, 3.8) is 0 Å². The molecule has 1 fully saturated rings. The van der Waals surface area contributed by atoms with E-state index in [1.54, 1.807) is 0 Å². The van der Waals surface area contributed by atoms with Crippen LogP contribution in [0.4, 0.5) is 5.82 Å². The van der Waals surface area contributed by atoms with E-state index in [4.69, 9.17) is 9.97 Å². The number of carbonyl (C=O) groups excluding carboxylic acids is 1. The maximum Gasteiger partial charge on any atom is 0.243 e. The highest BCUT2D eigenvalue weighted by Gasteiger charge is 2.41. The Labute approximate surface area is 189 Å². The first-order chi connectivity index (χ1) is 15.7. The minimum Gasteiger partial charge on any atom is -0.350 e. The summed E-state index contributed by atoms with van der Waals surface area (Å²) in [7, 11) is 0. The van der Waals surface area contributed by atoms with Gasteiger partial charge in [-0.05, 0) is 37.7 Å². The number of anilines is 1. The van der Waals surface area contributed by atoms with Crippen molar-refractivity contribution in [1.29, 1.82) is 0 Å². The molecule has 1 unspecified atom stereocenters. The van der Waals surface area contributed by atoms with E-state index in [9.17, 15) is 4.79 Å². The van der Waals surface area contributed by atoms with Crippen LogP contribution < -0.4 is 10.2 Å². The lowest BCUT2D eigenvalue weighted by molar-refractivity contribution is -0.123. The molecule has 1 N–H and O–H groups in total. The van der Waals surface area contributed by atoms with Gasteiger partial charge in [-0.1, -0.05) is 72.8 Å². The van der Waals surface area contributed by atoms with Gasteiger partial charge >= 0.3 is 0 Å². The maximum absolute atomic E-state index is 13.4. The molecule has 5 nitrogen and oxygen atoms in total. The van der Waals surface area contributed by atoms with Gasteiger partial charge in [0.25, 0.3) is 0 Å². The highest BCUT2D eigenvalue weighted by atomic mass is 16.2. The van der Waals surface area contributed by atoms with Crippen LogP contribution in [0.25, 0.3) is 17.5 Å². The third-order valence-electron chi connectivity index (χ3n) is 6.22. The molecular weight excluding hydrogens is 396 g/mol. The van der Waals surface area contributed by atoms with Crippen LogP contribution in [0.5, 0.6) is 0 Å². The van der Waals surface area contributed by atoms with E-state index in [0.717, 1.165) is 54.0 Å². The molecule has 162 valence electrons. The molecule has 2 aromatic carbocycles. The van der Waals surface area contributed by atoms with E-state index in [2.05, 4.69) is 22.4 Å². The number of nitrogens with one attached hydrogen (secondary N) is 1. The number of amides is 1. The summed E-state index contributed by atoms with van der Waals surface area (Å²) in [6.45, 7) is 3.34. The average molecular weight is 425 g/mol. The molecule has 1 amide bonds. The van der Waals surface area contributed by atoms with Crippen LogP contribution in [0.2, 0.25) is 0 Å². The minimum atomic E-state index is -0.213. The SMILES string of the molecule is Cc1nc(-c2ccccc2)nc2c1C=CCCN2C(C(=O)NCc1ccccc1)C1CC1. The number of aryl methyl sites for hydroxylation is 1. The van der Waals surface area contributed by atoms with E-state index in [0.29, 0.717) is 18.3 Å². The molecule has 32 heavy (non-hydrogen) atoms. The zero-order valence-electron chi connectivity index (χ0n) is 18.4. The number of hydrogen-bond acceptors (Lipinski definition) is 4. The highest BCUT2D eigenvalue weighted by molar-refractivity contribution is 5.87. The second kappa shape index (κ2) is 8.95. The number of hydrogen-bond donors (Lipinski definition) is 1. The number of carbonyl (C=O) groups is 1. The van der Waals surface area contributed by atoms with E-state index in [1.165, 1.54) is 0 Å². The fraction of sp³-hybridized carbons (Fsp3) is 0.296. The number of aromatic nitrogens is 2. The van der Waals surface area contributed by atoms with Gasteiger partial charge in [0.15, 0.2) is 5.82 Å². The molecule has 2 heterocycles. The van der Waals surface area contributed by atoms with Gasteiger partial charge in [0, 0.05) is 24.2 Å². The van der Waals surface area contributed by atoms with Crippen LogP contribution in [0, 0.1) is 12.8 Å². The van der Waals surface area contributed by atoms with Crippen molar-refractivity contribution in [3.05, 3.63) is 83.6 Å². The maximum atomic E-state index is 13.4. The van der Waals surface area contributed by atoms with Gasteiger partial charge < -0.3 is 10.2 Å². The summed E-state index contributed by atoms with van der Waals surface area (Å²) in [5, 5.41) is 3.19. The highest BCUT2D eigenvalue weighted by Crippen LogP contribution is 2.39. The molecule has 0 radical (unpaired) electrons. The fourth-order valence-corrected chi connectivity index (χ4v) is 4.40. The monoisotopic (exact) mass is 424 g/mol. The Morgan fingerprint density at radius 2 is 1.78 bits per heavy atom. The van der Waals surface area contributed by atoms with E-state index < -0.39 is 0 Å². The lowest BCUT2D eigenvalue weighted by atomic mass is 10.1. The van der Waals surface area contributed by atoms with Crippen molar-refractivity contribution in [3.8, 4) is 11.4 Å². The Bertz CT molecular complexity index is 1120. The third-order valence-corrected chi connectivity index (χ3v) is 6.22. The number of fused-ring (bicyclic) bond motifs is 1. The van der Waals surface area contributed by atoms with E-state index in [1.807, 2.05) is 67.6 Å². The number of benzene rings is 2. The van der Waals surface area contributed by atoms with Gasteiger partial charge in [-0.25, -0.2) is 9.97 Å². The Kier molecular flexibility index (Phi) is 5.71. The Balaban J connectivity index is 1.48. The average Bonchev–Trinajstić information content (AvgIpc) is 3.68. The molecule has 1 saturated carbocycles. The summed E-state index contributed by atoms with van der Waals surface area (Å²) in [5.41, 5.74) is 4.06. The first-order valence-corrected chi connectivity index (χ1v) is 11.4. The van der Waals surface area contributed by atoms with Crippen molar-refractivity contribution in [1.82, 2.24) is 15.3 Å². The van der Waals surface area contributed by atoms with Crippen molar-refractivity contribution in [2.24, 2.45) is 5.92 Å². The zero-order chi connectivity index (χ0) is 21.9. The quantitative estimate of drug-likeness (QED) is 0.619. The first kappa shape index (κ1) is 20.4. The number of rotatable bonds is 6. The standard InChI is InChI=1S/C27H28N4O/c1-19-23-14-8-9-17-31(26(23)30-25(29-19)22-12-6-3-7-13-22)24(21-15-16-21)27(32)28-18-20-10-4-2-5-11-20/h2-8,10-14,21,24H,9,15-18H2,1H3,(H,28,32). The molecule has 0 bridgehead atoms. The van der Waals surface area contributed by atoms with Gasteiger partial charge in [0.2, 0.25) is 5.91 Å². The van der Waals surface area contributed by atoms with Crippen LogP contribution >= 0.6 is 0 Å². The Hall–Kier alpha value is -3.47. The van der Waals surface area contributed by atoms with Gasteiger partial charge in [-0.3, -0.25) is 4.79 Å². The number of nitrogens with zero attached hydrogens (tertiary/aromatic N) is 3. The summed E-state index contributed by atoms with van der Waals surface area (Å²) >= 11 is 0. The minimum absolute atomic E-state index is 0.0849. The van der Waals surface area contributed by atoms with Gasteiger partial charge in [-0.2, -0.15) is 0 Å². The molecular formula is C27H28N4O. The third kappa shape index (κ3) is 4.28. The lowest BCUT2D eigenvalue weighted by Crippen LogP contribution is -2.49. The summed E-state index contributed by atoms with van der Waals surface area (Å²) in [4.78, 5) is 25.5. The van der Waals surface area contributed by atoms with Gasteiger partial charge in [0.1, 0.15) is 11.9 Å². The van der Waals surface area contributed by atoms with E-state index in [-0.39, 0.29) is 11.9 Å². The summed E-state index contributed by atoms with van der Waals surface area (Å²) < 4.78 is 0. The Morgan fingerprint density at radius 3 is 2.50 bits per heavy atom. The molecule has 5 rings (SSSR count). The predicted molar refractivity (Wildman–Crippen MR) is 128 cm³/mol. The fourth-order valence-electron chi connectivity index (χ4n) is 4.40. The van der Waals surface area contributed by atoms with E-state index >= 15 is 0 Å². The Morgan fingerprint density at radius 1 is 1.06 bits per heavy atom. The molecule has 1 aromatic heterocycles. The molecule has 0 saturated heterocycles. The van der Waals surface area contributed by atoms with Crippen LogP contribution in [0.1, 0.15) is 36.1 Å². The lowest BCUT2D eigenvalue weighted by Gasteiger charge is -2.32. The normalized spacial score (nSPS) is 16.2. The summed E-state index contributed by atoms with van der Waals surface area (Å²) in [6.07, 6.45) is 7.33. The molecule has 1 aliphatic heterocycles. The molecule has 5 heteroatoms. The molecule has 2 aliphatic rings. The van der Waals surface area contributed by atoms with Gasteiger partial charge in [0.05, 0.1) is 5.69 Å². The van der Waals surface area contributed by atoms with Gasteiger partial charge in [-0.15, -0.1) is 0 Å². The van der Waals surface area contributed by atoms with Crippen molar-refractivity contribution >= 4 is 17.8 Å². The smallest absolute Gasteiger partial charge is 0.243 e. The second-order valence-electron chi connectivity index (χ2n) is 8.61. The summed E-state index contributed by atoms with van der Waals surface area (Å²) in [6, 6.07) is 19.9. The molecule has 0 spiro atoms. The van der Waals surface area contributed by atoms with Crippen molar-refractivity contribution in [2.45, 2.75) is 38.8 Å². The predicted octanol–water partition coefficient (Wildman–Crippen LogP) is 4.77. The van der Waals surface area contributed by atoms with Crippen LogP contribution in [0.15, 0.2) is 66.7 Å². The topological polar surface area (TPSA) is 58.1 Å². The first-order valence-electron chi connectivity index (χ1n) is 11.4. The van der Waals surface area contributed by atoms with Crippen molar-refractivity contribution < 1.29 is 4.79 Å². The molecule has 1 aliphatic carbocycles. The van der Waals surface area contributed by atoms with Crippen LogP contribution in [0.3, 0.4) is 0 Å². The largest absolute Gasteiger partial charge is 0.350 e. The van der Waals surface area contributed by atoms with Crippen LogP contribution in [-0.2, 0) is 11.3 Å². The van der Waals surface area contributed by atoms with Crippen molar-refractivity contribution in [2.75, 3.05) is 11.4 Å².